The number of piperidine rings is 1. The van der Waals surface area contributed by atoms with Crippen molar-refractivity contribution in [2.24, 2.45) is 5.92 Å². The van der Waals surface area contributed by atoms with E-state index in [4.69, 9.17) is 40.2 Å². The van der Waals surface area contributed by atoms with Crippen LogP contribution in [0.25, 0.3) is 22.1 Å². The fourth-order valence-electron chi connectivity index (χ4n) is 6.60. The van der Waals surface area contributed by atoms with Crippen molar-refractivity contribution in [3.63, 3.8) is 0 Å². The fourth-order valence-corrected chi connectivity index (χ4v) is 6.76. The summed E-state index contributed by atoms with van der Waals surface area (Å²) in [6, 6.07) is 7.89. The van der Waals surface area contributed by atoms with Gasteiger partial charge in [-0.05, 0) is 31.0 Å². The number of amides is 1. The molecule has 242 valence electrons. The Hall–Kier alpha value is -4.23. The number of hydrogen-bond donors (Lipinski definition) is 1. The Morgan fingerprint density at radius 1 is 1.17 bits per heavy atom. The number of carboxylic acids is 1. The Balaban J connectivity index is 1.30. The molecule has 0 spiro atoms. The highest BCUT2D eigenvalue weighted by Crippen LogP contribution is 2.46. The highest BCUT2D eigenvalue weighted by molar-refractivity contribution is 6.30. The van der Waals surface area contributed by atoms with Crippen LogP contribution in [0.2, 0.25) is 5.02 Å². The number of para-hydroxylation sites is 1. The number of carbonyl (C=O) groups is 2. The van der Waals surface area contributed by atoms with Crippen LogP contribution in [0.3, 0.4) is 0 Å². The highest BCUT2D eigenvalue weighted by atomic mass is 35.5. The number of aromatic nitrogens is 3. The quantitative estimate of drug-likeness (QED) is 0.279. The zero-order valence-electron chi connectivity index (χ0n) is 25.2. The van der Waals surface area contributed by atoms with Crippen molar-refractivity contribution >= 4 is 51.6 Å². The van der Waals surface area contributed by atoms with Gasteiger partial charge in [-0.1, -0.05) is 30.7 Å². The molecule has 0 aliphatic carbocycles. The third-order valence-electron chi connectivity index (χ3n) is 9.03. The molecule has 6 bridgehead atoms. The molecule has 4 atom stereocenters. The number of ether oxygens (including phenoxy) is 3. The predicted octanol–water partition coefficient (Wildman–Crippen LogP) is 5.49. The summed E-state index contributed by atoms with van der Waals surface area (Å²) in [6.07, 6.45) is 1.45. The molecule has 46 heavy (non-hydrogen) atoms. The molecule has 4 aliphatic rings. The van der Waals surface area contributed by atoms with E-state index in [0.717, 1.165) is 5.39 Å². The van der Waals surface area contributed by atoms with Gasteiger partial charge in [-0.25, -0.2) is 28.9 Å². The molecule has 0 saturated carbocycles. The molecule has 0 radical (unpaired) electrons. The van der Waals surface area contributed by atoms with Crippen molar-refractivity contribution < 1.29 is 37.7 Å². The highest BCUT2D eigenvalue weighted by Gasteiger charge is 2.47. The maximum absolute atomic E-state index is 17.0. The van der Waals surface area contributed by atoms with Gasteiger partial charge in [0.25, 0.3) is 0 Å². The van der Waals surface area contributed by atoms with Crippen LogP contribution in [-0.4, -0.2) is 82.0 Å². The van der Waals surface area contributed by atoms with Gasteiger partial charge in [-0.3, -0.25) is 0 Å². The third-order valence-corrected chi connectivity index (χ3v) is 9.24. The summed E-state index contributed by atoms with van der Waals surface area (Å²) in [5.41, 5.74) is -0.265. The van der Waals surface area contributed by atoms with Crippen molar-refractivity contribution in [1.29, 1.82) is 0 Å². The Labute approximate surface area is 268 Å². The third kappa shape index (κ3) is 5.55. The topological polar surface area (TPSA) is 140 Å². The minimum absolute atomic E-state index is 0.0161. The normalized spacial score (nSPS) is 26.0. The second-order valence-corrected chi connectivity index (χ2v) is 12.5. The number of alkyl halides is 1. The van der Waals surface area contributed by atoms with E-state index in [0.29, 0.717) is 47.8 Å². The zero-order valence-corrected chi connectivity index (χ0v) is 25.9. The molecule has 7 heterocycles. The molecule has 2 fully saturated rings. The van der Waals surface area contributed by atoms with Crippen LogP contribution in [0.15, 0.2) is 40.9 Å². The van der Waals surface area contributed by atoms with E-state index < -0.39 is 35.8 Å². The minimum atomic E-state index is -1.91. The number of nitrogens with zero attached hydrogens (tertiary/aromatic N) is 5. The molecule has 8 rings (SSSR count). The SMILES string of the molecule is C[C@H]1CN2CC[C@]1(F)c1cc(Cl)cnc1O[C@H]1C[C@@H](C(=O)O)N(C1)c1nc(nc3c1oc1ccccc13)COCCCCOC2=O. The van der Waals surface area contributed by atoms with Crippen LogP contribution in [0, 0.1) is 5.92 Å². The summed E-state index contributed by atoms with van der Waals surface area (Å²) in [5, 5.41) is 11.3. The number of furan rings is 1. The summed E-state index contributed by atoms with van der Waals surface area (Å²) in [7, 11) is 0. The first-order chi connectivity index (χ1) is 22.2. The number of fused-ring (bicyclic) bond motifs is 12. The number of pyridine rings is 1. The first-order valence-corrected chi connectivity index (χ1v) is 15.8. The van der Waals surface area contributed by atoms with Gasteiger partial charge in [0.15, 0.2) is 17.2 Å². The summed E-state index contributed by atoms with van der Waals surface area (Å²) >= 11 is 6.31. The van der Waals surface area contributed by atoms with Crippen LogP contribution in [0.5, 0.6) is 5.88 Å². The number of benzene rings is 1. The lowest BCUT2D eigenvalue weighted by atomic mass is 9.79. The summed E-state index contributed by atoms with van der Waals surface area (Å²) in [6.45, 7) is 2.75. The number of rotatable bonds is 1. The van der Waals surface area contributed by atoms with Gasteiger partial charge in [-0.2, -0.15) is 0 Å². The minimum Gasteiger partial charge on any atom is -0.480 e. The summed E-state index contributed by atoms with van der Waals surface area (Å²) in [5.74, 6) is -1.00. The molecule has 3 aromatic heterocycles. The van der Waals surface area contributed by atoms with E-state index in [9.17, 15) is 14.7 Å². The molecule has 14 heteroatoms. The molecule has 4 aromatic rings. The maximum atomic E-state index is 17.0. The number of aliphatic carboxylic acids is 1. The van der Waals surface area contributed by atoms with Crippen molar-refractivity contribution in [2.75, 3.05) is 37.7 Å². The first kappa shape index (κ1) is 30.4. The van der Waals surface area contributed by atoms with E-state index >= 15 is 4.39 Å². The van der Waals surface area contributed by atoms with Crippen LogP contribution in [-0.2, 0) is 26.5 Å². The molecular formula is C32H33ClFN5O7. The Morgan fingerprint density at radius 3 is 2.83 bits per heavy atom. The Morgan fingerprint density at radius 2 is 2.00 bits per heavy atom. The van der Waals surface area contributed by atoms with Gasteiger partial charge < -0.3 is 33.5 Å². The number of carbonyl (C=O) groups excluding carboxylic acids is 1. The van der Waals surface area contributed by atoms with Gasteiger partial charge in [-0.15, -0.1) is 0 Å². The maximum Gasteiger partial charge on any atom is 0.409 e. The monoisotopic (exact) mass is 653 g/mol. The standard InChI is InChI=1S/C32H33ClFN5O7/c1-18-15-38-9-8-32(18,34)22-12-19(33)14-35-29(22)45-20-13-23(30(40)41)39(16-20)28-27-26(21-6-2-3-7-24(21)46-27)36-25(37-28)17-43-10-4-5-11-44-31(38)42/h2-3,6-7,12,14,18,20,23H,4-5,8-11,13,15-17H2,1H3,(H,40,41)/t18-,20-,23-,32+/m0/s1. The summed E-state index contributed by atoms with van der Waals surface area (Å²) < 4.78 is 40.9. The lowest BCUT2D eigenvalue weighted by Gasteiger charge is -2.41. The Kier molecular flexibility index (Phi) is 8.05. The molecule has 0 unspecified atom stereocenters. The molecule has 2 saturated heterocycles. The fraction of sp³-hybridized carbons (Fsp3) is 0.469. The van der Waals surface area contributed by atoms with Gasteiger partial charge in [0, 0.05) is 50.0 Å². The molecular weight excluding hydrogens is 621 g/mol. The van der Waals surface area contributed by atoms with Crippen LogP contribution < -0.4 is 9.64 Å². The van der Waals surface area contributed by atoms with Crippen molar-refractivity contribution in [2.45, 2.75) is 57.0 Å². The van der Waals surface area contributed by atoms with Gasteiger partial charge in [0.2, 0.25) is 5.88 Å². The van der Waals surface area contributed by atoms with Crippen molar-refractivity contribution in [3.05, 3.63) is 52.9 Å². The molecule has 4 aliphatic heterocycles. The van der Waals surface area contributed by atoms with Crippen LogP contribution >= 0.6 is 11.6 Å². The van der Waals surface area contributed by atoms with Crippen molar-refractivity contribution in [1.82, 2.24) is 19.9 Å². The number of halogens is 2. The molecule has 12 nitrogen and oxygen atoms in total. The van der Waals surface area contributed by atoms with Crippen molar-refractivity contribution in [3.8, 4) is 5.88 Å². The molecule has 1 N–H and O–H groups in total. The first-order valence-electron chi connectivity index (χ1n) is 15.4. The van der Waals surface area contributed by atoms with E-state index in [1.54, 1.807) is 11.8 Å². The Bertz CT molecular complexity index is 1810. The largest absolute Gasteiger partial charge is 0.480 e. The van der Waals surface area contributed by atoms with E-state index in [2.05, 4.69) is 4.98 Å². The lowest BCUT2D eigenvalue weighted by molar-refractivity contribution is -0.138. The number of carboxylic acid groups (broad SMARTS) is 1. The predicted molar refractivity (Wildman–Crippen MR) is 165 cm³/mol. The van der Waals surface area contributed by atoms with Gasteiger partial charge in [0.05, 0.1) is 23.7 Å². The van der Waals surface area contributed by atoms with Gasteiger partial charge in [0.1, 0.15) is 35.5 Å². The van der Waals surface area contributed by atoms with Crippen LogP contribution in [0.4, 0.5) is 15.0 Å². The van der Waals surface area contributed by atoms with E-state index in [-0.39, 0.29) is 62.2 Å². The van der Waals surface area contributed by atoms with Gasteiger partial charge >= 0.3 is 12.1 Å². The summed E-state index contributed by atoms with van der Waals surface area (Å²) in [4.78, 5) is 42.4. The average Bonchev–Trinajstić information content (AvgIpc) is 3.64. The zero-order chi connectivity index (χ0) is 32.0. The van der Waals surface area contributed by atoms with E-state index in [1.807, 2.05) is 24.3 Å². The number of hydrogen-bond acceptors (Lipinski definition) is 10. The lowest BCUT2D eigenvalue weighted by Crippen LogP contribution is -2.49. The second kappa shape index (κ2) is 12.2. The van der Waals surface area contributed by atoms with E-state index in [1.165, 1.54) is 17.2 Å². The smallest absolute Gasteiger partial charge is 0.409 e. The molecule has 1 amide bonds. The van der Waals surface area contributed by atoms with Crippen LogP contribution in [0.1, 0.15) is 44.0 Å². The average molecular weight is 654 g/mol. The number of anilines is 1. The second-order valence-electron chi connectivity index (χ2n) is 12.1. The molecule has 1 aromatic carbocycles.